The highest BCUT2D eigenvalue weighted by Gasteiger charge is 2.30. The maximum Gasteiger partial charge on any atom is 0.326 e. The van der Waals surface area contributed by atoms with E-state index in [1.54, 1.807) is 6.92 Å². The number of hydrogen-bond donors (Lipinski definition) is 0. The van der Waals surface area contributed by atoms with Gasteiger partial charge in [-0.15, -0.1) is 0 Å². The minimum absolute atomic E-state index is 0.0668. The van der Waals surface area contributed by atoms with Crippen LogP contribution in [-0.4, -0.2) is 40.8 Å². The highest BCUT2D eigenvalue weighted by Crippen LogP contribution is 2.36. The second kappa shape index (κ2) is 8.46. The average Bonchev–Trinajstić information content (AvgIpc) is 2.68. The largest absolute Gasteiger partial charge is 0.486 e. The van der Waals surface area contributed by atoms with Crippen molar-refractivity contribution in [2.75, 3.05) is 30.7 Å². The summed E-state index contributed by atoms with van der Waals surface area (Å²) in [6, 6.07) is 8.57. The summed E-state index contributed by atoms with van der Waals surface area (Å²) in [7, 11) is -4.19. The number of carbonyl (C=O) groups is 1. The first-order valence-electron chi connectivity index (χ1n) is 8.36. The lowest BCUT2D eigenvalue weighted by molar-refractivity contribution is -0.141. The van der Waals surface area contributed by atoms with Gasteiger partial charge in [-0.2, -0.15) is 0 Å². The van der Waals surface area contributed by atoms with Crippen molar-refractivity contribution in [3.63, 3.8) is 0 Å². The van der Waals surface area contributed by atoms with Gasteiger partial charge in [-0.1, -0.05) is 23.2 Å². The molecule has 7 nitrogen and oxygen atoms in total. The summed E-state index contributed by atoms with van der Waals surface area (Å²) in [5, 5.41) is 0.389. The lowest BCUT2D eigenvalue weighted by Crippen LogP contribution is -2.37. The Bertz CT molecular complexity index is 996. The van der Waals surface area contributed by atoms with E-state index < -0.39 is 22.5 Å². The molecule has 1 aliphatic heterocycles. The van der Waals surface area contributed by atoms with E-state index in [0.29, 0.717) is 24.7 Å². The average molecular weight is 446 g/mol. The first-order valence-corrected chi connectivity index (χ1v) is 10.6. The van der Waals surface area contributed by atoms with E-state index in [9.17, 15) is 13.2 Å². The third-order valence-electron chi connectivity index (χ3n) is 3.86. The highest BCUT2D eigenvalue weighted by atomic mass is 35.5. The van der Waals surface area contributed by atoms with Crippen molar-refractivity contribution in [1.29, 1.82) is 0 Å². The lowest BCUT2D eigenvalue weighted by Gasteiger charge is -2.25. The Balaban J connectivity index is 2.07. The van der Waals surface area contributed by atoms with Crippen molar-refractivity contribution in [1.82, 2.24) is 0 Å². The molecule has 0 atom stereocenters. The number of ether oxygens (including phenoxy) is 3. The number of rotatable bonds is 6. The molecule has 2 aromatic rings. The molecule has 0 N–H and O–H groups in total. The van der Waals surface area contributed by atoms with Crippen molar-refractivity contribution in [3.8, 4) is 11.5 Å². The molecule has 1 heterocycles. The fourth-order valence-corrected chi connectivity index (χ4v) is 4.48. The Morgan fingerprint density at radius 2 is 1.82 bits per heavy atom. The van der Waals surface area contributed by atoms with Gasteiger partial charge in [0.2, 0.25) is 0 Å². The van der Waals surface area contributed by atoms with E-state index in [0.717, 1.165) is 4.31 Å². The maximum atomic E-state index is 13.3. The SMILES string of the molecule is CCOC(=O)CN(c1cc(Cl)ccc1Cl)S(=O)(=O)c1ccc2c(c1)OCCO2. The zero-order chi connectivity index (χ0) is 20.3. The molecular formula is C18H17Cl2NO6S. The Hall–Kier alpha value is -2.16. The van der Waals surface area contributed by atoms with Crippen LogP contribution in [0.3, 0.4) is 0 Å². The van der Waals surface area contributed by atoms with Crippen LogP contribution in [0, 0.1) is 0 Å². The van der Waals surface area contributed by atoms with Crippen LogP contribution in [0.15, 0.2) is 41.3 Å². The highest BCUT2D eigenvalue weighted by molar-refractivity contribution is 7.92. The summed E-state index contributed by atoms with van der Waals surface area (Å²) in [6.45, 7) is 1.87. The van der Waals surface area contributed by atoms with Gasteiger partial charge in [-0.3, -0.25) is 9.10 Å². The Kier molecular flexibility index (Phi) is 6.22. The van der Waals surface area contributed by atoms with E-state index in [2.05, 4.69) is 0 Å². The summed E-state index contributed by atoms with van der Waals surface area (Å²) in [5.74, 6) is 0.0307. The Labute approximate surface area is 172 Å². The summed E-state index contributed by atoms with van der Waals surface area (Å²) in [4.78, 5) is 12.0. The number of hydrogen-bond acceptors (Lipinski definition) is 6. The molecule has 0 saturated carbocycles. The zero-order valence-corrected chi connectivity index (χ0v) is 17.2. The summed E-state index contributed by atoms with van der Waals surface area (Å²) < 4.78 is 43.4. The molecular weight excluding hydrogens is 429 g/mol. The number of nitrogens with zero attached hydrogens (tertiary/aromatic N) is 1. The van der Waals surface area contributed by atoms with Gasteiger partial charge in [0.15, 0.2) is 11.5 Å². The van der Waals surface area contributed by atoms with Crippen LogP contribution in [0.1, 0.15) is 6.92 Å². The van der Waals surface area contributed by atoms with Gasteiger partial charge < -0.3 is 14.2 Å². The normalized spacial score (nSPS) is 13.1. The first-order chi connectivity index (χ1) is 13.3. The molecule has 1 aliphatic rings. The Morgan fingerprint density at radius 3 is 2.54 bits per heavy atom. The van der Waals surface area contributed by atoms with Gasteiger partial charge in [0.1, 0.15) is 19.8 Å². The van der Waals surface area contributed by atoms with E-state index in [4.69, 9.17) is 37.4 Å². The van der Waals surface area contributed by atoms with Gasteiger partial charge in [-0.05, 0) is 37.3 Å². The minimum Gasteiger partial charge on any atom is -0.486 e. The van der Waals surface area contributed by atoms with Crippen LogP contribution in [0.4, 0.5) is 5.69 Å². The number of esters is 1. The second-order valence-electron chi connectivity index (χ2n) is 5.72. The molecule has 0 amide bonds. The molecule has 150 valence electrons. The number of anilines is 1. The summed E-state index contributed by atoms with van der Waals surface area (Å²) in [6.07, 6.45) is 0. The molecule has 3 rings (SSSR count). The van der Waals surface area contributed by atoms with Crippen molar-refractivity contribution >= 4 is 44.9 Å². The third kappa shape index (κ3) is 4.29. The van der Waals surface area contributed by atoms with Crippen molar-refractivity contribution < 1.29 is 27.4 Å². The van der Waals surface area contributed by atoms with E-state index >= 15 is 0 Å². The molecule has 0 aliphatic carbocycles. The number of sulfonamides is 1. The second-order valence-corrected chi connectivity index (χ2v) is 8.42. The van der Waals surface area contributed by atoms with E-state index in [-0.39, 0.29) is 27.2 Å². The van der Waals surface area contributed by atoms with Crippen molar-refractivity contribution in [2.24, 2.45) is 0 Å². The fraction of sp³-hybridized carbons (Fsp3) is 0.278. The molecule has 0 unspecified atom stereocenters. The Morgan fingerprint density at radius 1 is 1.11 bits per heavy atom. The van der Waals surface area contributed by atoms with Gasteiger partial charge in [-0.25, -0.2) is 8.42 Å². The van der Waals surface area contributed by atoms with Gasteiger partial charge in [0, 0.05) is 11.1 Å². The molecule has 0 radical (unpaired) electrons. The van der Waals surface area contributed by atoms with Gasteiger partial charge in [0.05, 0.1) is 22.2 Å². The van der Waals surface area contributed by atoms with Crippen LogP contribution in [0.2, 0.25) is 10.0 Å². The van der Waals surface area contributed by atoms with Crippen molar-refractivity contribution in [3.05, 3.63) is 46.4 Å². The summed E-state index contributed by atoms with van der Waals surface area (Å²) >= 11 is 12.2. The van der Waals surface area contributed by atoms with Gasteiger partial charge >= 0.3 is 5.97 Å². The van der Waals surface area contributed by atoms with Crippen LogP contribution in [-0.2, 0) is 19.6 Å². The zero-order valence-electron chi connectivity index (χ0n) is 14.9. The summed E-state index contributed by atoms with van der Waals surface area (Å²) in [5.41, 5.74) is 0.0668. The standard InChI is InChI=1S/C18H17Cl2NO6S/c1-2-25-18(22)11-21(15-9-12(19)3-5-14(15)20)28(23,24)13-4-6-16-17(10-13)27-8-7-26-16/h3-6,9-10H,2,7-8,11H2,1H3. The quantitative estimate of drug-likeness (QED) is 0.632. The number of carbonyl (C=O) groups excluding carboxylic acids is 1. The number of benzene rings is 2. The number of halogens is 2. The monoisotopic (exact) mass is 445 g/mol. The van der Waals surface area contributed by atoms with E-state index in [1.807, 2.05) is 0 Å². The van der Waals surface area contributed by atoms with Crippen LogP contribution in [0.5, 0.6) is 11.5 Å². The minimum atomic E-state index is -4.19. The van der Waals surface area contributed by atoms with Crippen molar-refractivity contribution in [2.45, 2.75) is 11.8 Å². The molecule has 0 fully saturated rings. The maximum absolute atomic E-state index is 13.3. The first kappa shape index (κ1) is 20.6. The smallest absolute Gasteiger partial charge is 0.326 e. The molecule has 0 aromatic heterocycles. The molecule has 10 heteroatoms. The number of fused-ring (bicyclic) bond motifs is 1. The van der Waals surface area contributed by atoms with Crippen LogP contribution >= 0.6 is 23.2 Å². The predicted octanol–water partition coefficient (Wildman–Crippen LogP) is 3.52. The van der Waals surface area contributed by atoms with Gasteiger partial charge in [0.25, 0.3) is 10.0 Å². The lowest BCUT2D eigenvalue weighted by atomic mass is 10.3. The van der Waals surface area contributed by atoms with E-state index in [1.165, 1.54) is 36.4 Å². The predicted molar refractivity (Wildman–Crippen MR) is 105 cm³/mol. The fourth-order valence-electron chi connectivity index (χ4n) is 2.61. The molecule has 0 bridgehead atoms. The molecule has 0 saturated heterocycles. The molecule has 28 heavy (non-hydrogen) atoms. The topological polar surface area (TPSA) is 82.1 Å². The van der Waals surface area contributed by atoms with Crippen LogP contribution < -0.4 is 13.8 Å². The molecule has 2 aromatic carbocycles. The van der Waals surface area contributed by atoms with Crippen LogP contribution in [0.25, 0.3) is 0 Å². The molecule has 0 spiro atoms. The third-order valence-corrected chi connectivity index (χ3v) is 6.17.